The minimum atomic E-state index is -1.17. The fourth-order valence-corrected chi connectivity index (χ4v) is 2.34. The van der Waals surface area contributed by atoms with Crippen LogP contribution in [0.15, 0.2) is 17.5 Å². The molecule has 0 aliphatic rings. The molecule has 0 fully saturated rings. The Labute approximate surface area is 120 Å². The Balaban J connectivity index is 2.55. The van der Waals surface area contributed by atoms with Crippen LogP contribution in [0.5, 0.6) is 0 Å². The number of carbonyl (C=O) groups excluding carboxylic acids is 1. The summed E-state index contributed by atoms with van der Waals surface area (Å²) in [6.45, 7) is -0.777. The second kappa shape index (κ2) is 7.61. The van der Waals surface area contributed by atoms with Crippen molar-refractivity contribution in [2.24, 2.45) is 0 Å². The molecule has 0 saturated heterocycles. The molecule has 1 aromatic rings. The van der Waals surface area contributed by atoms with E-state index in [1.807, 2.05) is 17.5 Å². The predicted molar refractivity (Wildman–Crippen MR) is 72.5 cm³/mol. The highest BCUT2D eigenvalue weighted by molar-refractivity contribution is 7.09. The Morgan fingerprint density at radius 1 is 1.15 bits per heavy atom. The van der Waals surface area contributed by atoms with E-state index in [2.05, 4.69) is 0 Å². The van der Waals surface area contributed by atoms with Crippen molar-refractivity contribution in [3.8, 4) is 0 Å². The van der Waals surface area contributed by atoms with Gasteiger partial charge in [-0.25, -0.2) is 0 Å². The number of thiophene rings is 1. The number of rotatable bonds is 8. The van der Waals surface area contributed by atoms with E-state index in [9.17, 15) is 14.4 Å². The third-order valence-corrected chi connectivity index (χ3v) is 3.34. The van der Waals surface area contributed by atoms with E-state index >= 15 is 0 Å². The Kier molecular flexibility index (Phi) is 6.13. The third-order valence-electron chi connectivity index (χ3n) is 2.48. The van der Waals surface area contributed by atoms with Crippen LogP contribution in [0.3, 0.4) is 0 Å². The van der Waals surface area contributed by atoms with E-state index in [0.717, 1.165) is 9.78 Å². The normalized spacial score (nSPS) is 10.5. The molecule has 0 radical (unpaired) electrons. The van der Waals surface area contributed by atoms with Gasteiger partial charge >= 0.3 is 11.9 Å². The molecule has 0 unspecified atom stereocenters. The molecule has 0 bridgehead atoms. The molecule has 0 aromatic carbocycles. The predicted octanol–water partition coefficient (Wildman–Crippen LogP) is 0.178. The number of carbonyl (C=O) groups is 3. The van der Waals surface area contributed by atoms with Gasteiger partial charge < -0.3 is 15.1 Å². The molecule has 110 valence electrons. The van der Waals surface area contributed by atoms with Crippen LogP contribution in [0.1, 0.15) is 4.88 Å². The first kappa shape index (κ1) is 16.1. The van der Waals surface area contributed by atoms with E-state index in [-0.39, 0.29) is 12.5 Å². The number of hydrogen-bond acceptors (Lipinski definition) is 5. The maximum atomic E-state index is 11.9. The number of carboxylic acid groups (broad SMARTS) is 2. The highest BCUT2D eigenvalue weighted by Crippen LogP contribution is 2.11. The van der Waals surface area contributed by atoms with Gasteiger partial charge in [0.2, 0.25) is 5.91 Å². The first-order valence-electron chi connectivity index (χ1n) is 5.80. The fraction of sp³-hybridized carbons (Fsp3) is 0.417. The summed E-state index contributed by atoms with van der Waals surface area (Å²) >= 11 is 1.51. The van der Waals surface area contributed by atoms with Gasteiger partial charge in [0.25, 0.3) is 0 Å². The van der Waals surface area contributed by atoms with E-state index in [4.69, 9.17) is 10.2 Å². The molecule has 7 nitrogen and oxygen atoms in total. The number of aliphatic carboxylic acids is 2. The summed E-state index contributed by atoms with van der Waals surface area (Å²) in [4.78, 5) is 36.8. The highest BCUT2D eigenvalue weighted by Gasteiger charge is 2.19. The highest BCUT2D eigenvalue weighted by atomic mass is 32.1. The fourth-order valence-electron chi connectivity index (χ4n) is 1.59. The molecule has 0 saturated carbocycles. The average Bonchev–Trinajstić information content (AvgIpc) is 2.79. The first-order chi connectivity index (χ1) is 9.38. The average molecular weight is 300 g/mol. The van der Waals surface area contributed by atoms with Crippen molar-refractivity contribution in [3.05, 3.63) is 22.4 Å². The van der Waals surface area contributed by atoms with Gasteiger partial charge in [-0.05, 0) is 11.4 Å². The molecule has 1 amide bonds. The maximum absolute atomic E-state index is 11.9. The number of amides is 1. The van der Waals surface area contributed by atoms with Crippen LogP contribution in [-0.4, -0.2) is 64.5 Å². The van der Waals surface area contributed by atoms with Gasteiger partial charge in [-0.3, -0.25) is 19.3 Å². The minimum absolute atomic E-state index is 0.236. The van der Waals surface area contributed by atoms with Crippen molar-refractivity contribution >= 4 is 29.2 Å². The lowest BCUT2D eigenvalue weighted by Gasteiger charge is -2.22. The molecular formula is C12H16N2O5S. The summed E-state index contributed by atoms with van der Waals surface area (Å²) in [6.07, 6.45) is 0. The standard InChI is InChI=1S/C12H16N2O5S/c1-13(5-9-3-2-4-20-9)10(15)6-14(7-11(16)17)8-12(18)19/h2-4H,5-8H2,1H3,(H,16,17)(H,18,19). The molecule has 8 heteroatoms. The zero-order valence-electron chi connectivity index (χ0n) is 11.0. The van der Waals surface area contributed by atoms with Crippen molar-refractivity contribution in [3.63, 3.8) is 0 Å². The third kappa shape index (κ3) is 5.81. The molecule has 0 spiro atoms. The first-order valence-corrected chi connectivity index (χ1v) is 6.68. The molecule has 20 heavy (non-hydrogen) atoms. The van der Waals surface area contributed by atoms with Crippen LogP contribution < -0.4 is 0 Å². The lowest BCUT2D eigenvalue weighted by Crippen LogP contribution is -2.42. The Morgan fingerprint density at radius 3 is 2.20 bits per heavy atom. The SMILES string of the molecule is CN(Cc1cccs1)C(=O)CN(CC(=O)O)CC(=O)O. The van der Waals surface area contributed by atoms with Crippen LogP contribution in [0.25, 0.3) is 0 Å². The topological polar surface area (TPSA) is 98.2 Å². The largest absolute Gasteiger partial charge is 0.480 e. The number of hydrogen-bond donors (Lipinski definition) is 2. The van der Waals surface area contributed by atoms with Crippen molar-refractivity contribution in [2.45, 2.75) is 6.54 Å². The van der Waals surface area contributed by atoms with E-state index in [1.165, 1.54) is 16.2 Å². The zero-order chi connectivity index (χ0) is 15.1. The van der Waals surface area contributed by atoms with Crippen molar-refractivity contribution in [1.29, 1.82) is 0 Å². The lowest BCUT2D eigenvalue weighted by molar-refractivity contribution is -0.143. The molecule has 1 rings (SSSR count). The summed E-state index contributed by atoms with van der Waals surface area (Å²) in [6, 6.07) is 3.76. The second-order valence-electron chi connectivity index (χ2n) is 4.26. The van der Waals surface area contributed by atoms with Gasteiger partial charge in [-0.2, -0.15) is 0 Å². The van der Waals surface area contributed by atoms with E-state index in [0.29, 0.717) is 6.54 Å². The van der Waals surface area contributed by atoms with Gasteiger partial charge in [0.1, 0.15) is 0 Å². The number of nitrogens with zero attached hydrogens (tertiary/aromatic N) is 2. The zero-order valence-corrected chi connectivity index (χ0v) is 11.8. The molecule has 2 N–H and O–H groups in total. The molecule has 0 atom stereocenters. The molecule has 0 aliphatic carbocycles. The summed E-state index contributed by atoms with van der Waals surface area (Å²) in [7, 11) is 1.60. The summed E-state index contributed by atoms with van der Waals surface area (Å²) in [5.41, 5.74) is 0. The Bertz CT molecular complexity index is 458. The molecule has 1 heterocycles. The van der Waals surface area contributed by atoms with Gasteiger partial charge in [-0.1, -0.05) is 6.07 Å². The van der Waals surface area contributed by atoms with Crippen LogP contribution in [0.2, 0.25) is 0 Å². The maximum Gasteiger partial charge on any atom is 0.317 e. The second-order valence-corrected chi connectivity index (χ2v) is 5.29. The van der Waals surface area contributed by atoms with Crippen molar-refractivity contribution in [2.75, 3.05) is 26.7 Å². The molecule has 1 aromatic heterocycles. The quantitative estimate of drug-likeness (QED) is 0.710. The van der Waals surface area contributed by atoms with E-state index in [1.54, 1.807) is 7.05 Å². The van der Waals surface area contributed by atoms with Gasteiger partial charge in [0.15, 0.2) is 0 Å². The molecule has 0 aliphatic heterocycles. The van der Waals surface area contributed by atoms with Crippen molar-refractivity contribution in [1.82, 2.24) is 9.80 Å². The van der Waals surface area contributed by atoms with Gasteiger partial charge in [0, 0.05) is 11.9 Å². The van der Waals surface area contributed by atoms with Gasteiger partial charge in [-0.15, -0.1) is 11.3 Å². The lowest BCUT2D eigenvalue weighted by atomic mass is 10.3. The van der Waals surface area contributed by atoms with Crippen molar-refractivity contribution < 1.29 is 24.6 Å². The minimum Gasteiger partial charge on any atom is -0.480 e. The van der Waals surface area contributed by atoms with E-state index < -0.39 is 25.0 Å². The van der Waals surface area contributed by atoms with Gasteiger partial charge in [0.05, 0.1) is 26.2 Å². The van der Waals surface area contributed by atoms with Crippen LogP contribution >= 0.6 is 11.3 Å². The summed E-state index contributed by atoms with van der Waals surface area (Å²) in [5.74, 6) is -2.65. The smallest absolute Gasteiger partial charge is 0.317 e. The Hall–Kier alpha value is -1.93. The van der Waals surface area contributed by atoms with Crippen LogP contribution in [0, 0.1) is 0 Å². The Morgan fingerprint density at radius 2 is 1.75 bits per heavy atom. The van der Waals surface area contributed by atoms with Crippen LogP contribution in [0.4, 0.5) is 0 Å². The monoisotopic (exact) mass is 300 g/mol. The summed E-state index contributed by atoms with van der Waals surface area (Å²) in [5, 5.41) is 19.3. The number of carboxylic acids is 2. The molecular weight excluding hydrogens is 284 g/mol. The number of likely N-dealkylation sites (N-methyl/N-ethyl adjacent to an activating group) is 1. The van der Waals surface area contributed by atoms with Crippen LogP contribution in [-0.2, 0) is 20.9 Å². The summed E-state index contributed by atoms with van der Waals surface area (Å²) < 4.78 is 0.